The molecule has 0 amide bonds. The fraction of sp³-hybridized carbons (Fsp3) is 0.273. The predicted molar refractivity (Wildman–Crippen MR) is 57.0 cm³/mol. The largest absolute Gasteiger partial charge is 0.416 e. The molecule has 0 heterocycles. The van der Waals surface area contributed by atoms with Crippen LogP contribution in [0.5, 0.6) is 0 Å². The fourth-order valence-corrected chi connectivity index (χ4v) is 1.50. The van der Waals surface area contributed by atoms with Crippen LogP contribution < -0.4 is 5.32 Å². The molecule has 0 saturated carbocycles. The third-order valence-electron chi connectivity index (χ3n) is 1.95. The van der Waals surface area contributed by atoms with Crippen molar-refractivity contribution in [3.8, 4) is 12.3 Å². The molecule has 1 aromatic rings. The average molecular weight is 248 g/mol. The maximum atomic E-state index is 12.6. The zero-order valence-electron chi connectivity index (χ0n) is 8.24. The van der Waals surface area contributed by atoms with Crippen molar-refractivity contribution >= 4 is 11.6 Å². The van der Waals surface area contributed by atoms with Gasteiger partial charge >= 0.3 is 6.18 Å². The predicted octanol–water partition coefficient (Wildman–Crippen LogP) is 3.08. The van der Waals surface area contributed by atoms with Crippen LogP contribution in [0, 0.1) is 12.3 Å². The van der Waals surface area contributed by atoms with Gasteiger partial charge in [0.05, 0.1) is 12.1 Å². The molecule has 1 rings (SSSR count). The second-order valence-electron chi connectivity index (χ2n) is 3.07. The lowest BCUT2D eigenvalue weighted by Gasteiger charge is -2.14. The highest BCUT2D eigenvalue weighted by Crippen LogP contribution is 2.34. The van der Waals surface area contributed by atoms with E-state index in [0.717, 1.165) is 6.07 Å². The molecule has 0 aliphatic heterocycles. The Bertz CT molecular complexity index is 407. The van der Waals surface area contributed by atoms with Crippen LogP contribution in [0.25, 0.3) is 0 Å². The van der Waals surface area contributed by atoms with Crippen LogP contribution in [0.4, 0.5) is 13.2 Å². The summed E-state index contributed by atoms with van der Waals surface area (Å²) >= 11 is 5.72. The van der Waals surface area contributed by atoms with Gasteiger partial charge in [0.1, 0.15) is 0 Å². The Hall–Kier alpha value is -1.18. The first-order chi connectivity index (χ1) is 7.46. The van der Waals surface area contributed by atoms with Crippen molar-refractivity contribution in [2.45, 2.75) is 12.7 Å². The Morgan fingerprint density at radius 1 is 1.38 bits per heavy atom. The lowest BCUT2D eigenvalue weighted by molar-refractivity contribution is -0.138. The van der Waals surface area contributed by atoms with Crippen molar-refractivity contribution < 1.29 is 13.2 Å². The Morgan fingerprint density at radius 3 is 2.62 bits per heavy atom. The van der Waals surface area contributed by atoms with E-state index in [2.05, 4.69) is 11.2 Å². The topological polar surface area (TPSA) is 12.0 Å². The molecule has 0 fully saturated rings. The Labute approximate surface area is 96.6 Å². The molecule has 1 aromatic carbocycles. The lowest BCUT2D eigenvalue weighted by atomic mass is 10.1. The lowest BCUT2D eigenvalue weighted by Crippen LogP contribution is -2.18. The summed E-state index contributed by atoms with van der Waals surface area (Å²) in [7, 11) is 0. The fourth-order valence-electron chi connectivity index (χ4n) is 1.26. The first-order valence-electron chi connectivity index (χ1n) is 4.45. The van der Waals surface area contributed by atoms with Gasteiger partial charge in [-0.3, -0.25) is 0 Å². The van der Waals surface area contributed by atoms with Crippen LogP contribution >= 0.6 is 11.6 Å². The number of nitrogens with one attached hydrogen (secondary N) is 1. The van der Waals surface area contributed by atoms with E-state index in [1.807, 2.05) is 0 Å². The zero-order valence-corrected chi connectivity index (χ0v) is 8.99. The third kappa shape index (κ3) is 3.16. The van der Waals surface area contributed by atoms with E-state index in [-0.39, 0.29) is 23.7 Å². The summed E-state index contributed by atoms with van der Waals surface area (Å²) in [6, 6.07) is 3.69. The number of rotatable bonds is 3. The van der Waals surface area contributed by atoms with E-state index >= 15 is 0 Å². The van der Waals surface area contributed by atoms with Crippen molar-refractivity contribution in [2.75, 3.05) is 6.54 Å². The summed E-state index contributed by atoms with van der Waals surface area (Å²) in [5, 5.41) is 2.77. The minimum atomic E-state index is -4.40. The molecule has 0 atom stereocenters. The smallest absolute Gasteiger partial charge is 0.302 e. The number of benzene rings is 1. The highest BCUT2D eigenvalue weighted by molar-refractivity contribution is 6.31. The van der Waals surface area contributed by atoms with Crippen LogP contribution in [0.1, 0.15) is 11.1 Å². The number of halogens is 4. The van der Waals surface area contributed by atoms with E-state index < -0.39 is 11.7 Å². The van der Waals surface area contributed by atoms with Gasteiger partial charge in [0.2, 0.25) is 0 Å². The van der Waals surface area contributed by atoms with E-state index in [1.54, 1.807) is 0 Å². The molecule has 0 radical (unpaired) electrons. The summed E-state index contributed by atoms with van der Waals surface area (Å²) in [4.78, 5) is 0. The van der Waals surface area contributed by atoms with Crippen LogP contribution in [-0.2, 0) is 12.7 Å². The molecule has 0 aliphatic carbocycles. The van der Waals surface area contributed by atoms with Crippen LogP contribution in [0.2, 0.25) is 5.02 Å². The van der Waals surface area contributed by atoms with E-state index in [9.17, 15) is 13.2 Å². The van der Waals surface area contributed by atoms with Crippen molar-refractivity contribution in [3.05, 3.63) is 34.3 Å². The van der Waals surface area contributed by atoms with Crippen molar-refractivity contribution in [1.82, 2.24) is 5.32 Å². The first kappa shape index (κ1) is 12.9. The van der Waals surface area contributed by atoms with Crippen LogP contribution in [0.3, 0.4) is 0 Å². The summed E-state index contributed by atoms with van der Waals surface area (Å²) in [6.45, 7) is 0.196. The standard InChI is InChI=1S/C11H9ClF3N/c1-2-6-16-7-8-9(11(13,14)15)4-3-5-10(8)12/h1,3-5,16H,6-7H2. The van der Waals surface area contributed by atoms with Gasteiger partial charge in [-0.1, -0.05) is 23.6 Å². The molecule has 16 heavy (non-hydrogen) atoms. The molecular formula is C11H9ClF3N. The Morgan fingerprint density at radius 2 is 2.06 bits per heavy atom. The number of hydrogen-bond acceptors (Lipinski definition) is 1. The molecule has 1 nitrogen and oxygen atoms in total. The molecule has 0 saturated heterocycles. The van der Waals surface area contributed by atoms with Gasteiger partial charge in [-0.25, -0.2) is 0 Å². The number of alkyl halides is 3. The molecule has 86 valence electrons. The van der Waals surface area contributed by atoms with Gasteiger partial charge in [-0.2, -0.15) is 13.2 Å². The average Bonchev–Trinajstić information content (AvgIpc) is 2.19. The molecule has 0 aromatic heterocycles. The molecule has 0 spiro atoms. The van der Waals surface area contributed by atoms with Gasteiger partial charge in [0, 0.05) is 11.6 Å². The van der Waals surface area contributed by atoms with Gasteiger partial charge in [-0.05, 0) is 17.7 Å². The summed E-state index contributed by atoms with van der Waals surface area (Å²) < 4.78 is 37.8. The summed E-state index contributed by atoms with van der Waals surface area (Å²) in [5.41, 5.74) is -0.712. The van der Waals surface area contributed by atoms with Gasteiger partial charge < -0.3 is 5.32 Å². The monoisotopic (exact) mass is 247 g/mol. The maximum Gasteiger partial charge on any atom is 0.416 e. The highest BCUT2D eigenvalue weighted by atomic mass is 35.5. The van der Waals surface area contributed by atoms with Gasteiger partial charge in [0.15, 0.2) is 0 Å². The number of hydrogen-bond donors (Lipinski definition) is 1. The summed E-state index contributed by atoms with van der Waals surface area (Å²) in [6.07, 6.45) is 0.582. The van der Waals surface area contributed by atoms with Crippen molar-refractivity contribution in [3.63, 3.8) is 0 Å². The van der Waals surface area contributed by atoms with E-state index in [0.29, 0.717) is 0 Å². The highest BCUT2D eigenvalue weighted by Gasteiger charge is 2.33. The third-order valence-corrected chi connectivity index (χ3v) is 2.31. The van der Waals surface area contributed by atoms with E-state index in [1.165, 1.54) is 12.1 Å². The minimum Gasteiger partial charge on any atom is -0.302 e. The molecular weight excluding hydrogens is 239 g/mol. The van der Waals surface area contributed by atoms with Crippen LogP contribution in [0.15, 0.2) is 18.2 Å². The second kappa shape index (κ2) is 5.24. The van der Waals surface area contributed by atoms with E-state index in [4.69, 9.17) is 18.0 Å². The summed E-state index contributed by atoms with van der Waals surface area (Å²) in [5.74, 6) is 2.28. The van der Waals surface area contributed by atoms with Gasteiger partial charge in [-0.15, -0.1) is 6.42 Å². The molecule has 0 bridgehead atoms. The normalized spacial score (nSPS) is 11.2. The molecule has 0 unspecified atom stereocenters. The number of terminal acetylenes is 1. The SMILES string of the molecule is C#CCNCc1c(Cl)cccc1C(F)(F)F. The molecule has 5 heteroatoms. The Balaban J connectivity index is 3.01. The van der Waals surface area contributed by atoms with Crippen molar-refractivity contribution in [2.24, 2.45) is 0 Å². The van der Waals surface area contributed by atoms with Crippen molar-refractivity contribution in [1.29, 1.82) is 0 Å². The zero-order chi connectivity index (χ0) is 12.2. The van der Waals surface area contributed by atoms with Crippen LogP contribution in [-0.4, -0.2) is 6.54 Å². The maximum absolute atomic E-state index is 12.6. The molecule has 1 N–H and O–H groups in total. The molecule has 0 aliphatic rings. The quantitative estimate of drug-likeness (QED) is 0.639. The second-order valence-corrected chi connectivity index (χ2v) is 3.48. The Kier molecular flexibility index (Phi) is 4.22. The van der Waals surface area contributed by atoms with Gasteiger partial charge in [0.25, 0.3) is 0 Å². The first-order valence-corrected chi connectivity index (χ1v) is 4.83. The minimum absolute atomic E-state index is 0.00127.